The first kappa shape index (κ1) is 20.9. The number of carboxylic acids is 1. The molecule has 0 fully saturated rings. The molecule has 0 aliphatic heterocycles. The third-order valence-electron chi connectivity index (χ3n) is 4.56. The largest absolute Gasteiger partial charge is 0.478 e. The van der Waals surface area contributed by atoms with Crippen molar-refractivity contribution in [1.82, 2.24) is 19.7 Å². The molecule has 4 aromatic rings. The van der Waals surface area contributed by atoms with Gasteiger partial charge in [-0.25, -0.2) is 32.6 Å². The highest BCUT2D eigenvalue weighted by atomic mass is 19.2. The number of halogens is 3. The number of aromatic nitrogens is 4. The Hall–Kier alpha value is -4.34. The monoisotopic (exact) mass is 438 g/mol. The van der Waals surface area contributed by atoms with E-state index in [9.17, 15) is 22.8 Å². The van der Waals surface area contributed by atoms with Crippen LogP contribution in [0.1, 0.15) is 15.9 Å². The Morgan fingerprint density at radius 2 is 1.62 bits per heavy atom. The van der Waals surface area contributed by atoms with Crippen LogP contribution in [0.5, 0.6) is 0 Å². The number of hydrogen-bond donors (Lipinski definition) is 1. The summed E-state index contributed by atoms with van der Waals surface area (Å²) >= 11 is 0. The minimum absolute atomic E-state index is 0.0178. The van der Waals surface area contributed by atoms with Crippen LogP contribution in [0.15, 0.2) is 65.7 Å². The van der Waals surface area contributed by atoms with E-state index in [4.69, 9.17) is 5.11 Å². The first-order valence-electron chi connectivity index (χ1n) is 9.19. The molecule has 0 aliphatic rings. The van der Waals surface area contributed by atoms with Crippen molar-refractivity contribution in [3.05, 3.63) is 99.9 Å². The lowest BCUT2D eigenvalue weighted by atomic mass is 10.1. The number of aromatic carboxylic acids is 1. The van der Waals surface area contributed by atoms with Gasteiger partial charge in [0.15, 0.2) is 23.3 Å². The van der Waals surface area contributed by atoms with Gasteiger partial charge in [0.25, 0.3) is 5.56 Å². The van der Waals surface area contributed by atoms with Crippen molar-refractivity contribution in [2.75, 3.05) is 0 Å². The van der Waals surface area contributed by atoms with Crippen LogP contribution < -0.4 is 5.56 Å². The molecule has 160 valence electrons. The van der Waals surface area contributed by atoms with E-state index in [2.05, 4.69) is 15.1 Å². The summed E-state index contributed by atoms with van der Waals surface area (Å²) in [5.41, 5.74) is 0.806. The molecule has 1 N–H and O–H groups in total. The summed E-state index contributed by atoms with van der Waals surface area (Å²) in [5, 5.41) is 13.1. The zero-order valence-corrected chi connectivity index (χ0v) is 16.2. The maximum atomic E-state index is 13.6. The van der Waals surface area contributed by atoms with Crippen molar-refractivity contribution in [3.8, 4) is 22.6 Å². The minimum Gasteiger partial charge on any atom is -0.478 e. The molecule has 0 unspecified atom stereocenters. The van der Waals surface area contributed by atoms with E-state index < -0.39 is 29.0 Å². The average molecular weight is 438 g/mol. The highest BCUT2D eigenvalue weighted by Crippen LogP contribution is 2.22. The lowest BCUT2D eigenvalue weighted by molar-refractivity contribution is 0.0696. The van der Waals surface area contributed by atoms with Crippen molar-refractivity contribution in [2.45, 2.75) is 6.54 Å². The fourth-order valence-electron chi connectivity index (χ4n) is 2.99. The van der Waals surface area contributed by atoms with Gasteiger partial charge in [0.05, 0.1) is 17.8 Å². The zero-order chi connectivity index (χ0) is 22.8. The predicted molar refractivity (Wildman–Crippen MR) is 107 cm³/mol. The molecule has 0 radical (unpaired) electrons. The highest BCUT2D eigenvalue weighted by Gasteiger charge is 2.14. The summed E-state index contributed by atoms with van der Waals surface area (Å²) in [7, 11) is 0. The maximum absolute atomic E-state index is 13.6. The molecule has 2 aromatic carbocycles. The molecule has 0 spiro atoms. The Kier molecular flexibility index (Phi) is 5.50. The van der Waals surface area contributed by atoms with E-state index in [-0.39, 0.29) is 23.4 Å². The lowest BCUT2D eigenvalue weighted by Gasteiger charge is -2.09. The quantitative estimate of drug-likeness (QED) is 0.479. The van der Waals surface area contributed by atoms with E-state index in [1.165, 1.54) is 24.5 Å². The van der Waals surface area contributed by atoms with Gasteiger partial charge in [-0.05, 0) is 29.8 Å². The molecule has 0 bridgehead atoms. The first-order valence-corrected chi connectivity index (χ1v) is 9.19. The number of hydrogen-bond acceptors (Lipinski definition) is 5. The molecule has 4 rings (SSSR count). The van der Waals surface area contributed by atoms with Crippen LogP contribution in [0.2, 0.25) is 0 Å². The van der Waals surface area contributed by atoms with Crippen molar-refractivity contribution in [2.24, 2.45) is 0 Å². The smallest absolute Gasteiger partial charge is 0.338 e. The Morgan fingerprint density at radius 1 is 0.938 bits per heavy atom. The normalized spacial score (nSPS) is 10.8. The Bertz CT molecular complexity index is 1370. The molecule has 0 saturated heterocycles. The van der Waals surface area contributed by atoms with Gasteiger partial charge < -0.3 is 5.11 Å². The van der Waals surface area contributed by atoms with Gasteiger partial charge in [0, 0.05) is 29.6 Å². The Labute approximate surface area is 178 Å². The van der Waals surface area contributed by atoms with Crippen molar-refractivity contribution >= 4 is 5.97 Å². The average Bonchev–Trinajstić information content (AvgIpc) is 2.79. The SMILES string of the molecule is O=C(O)c1cnc(-c2cccc(Cn3nc(-c4cc(F)c(F)c(F)c4)ccc3=O)c2)nc1. The second-order valence-corrected chi connectivity index (χ2v) is 6.77. The standard InChI is InChI=1S/C22H13F3N4O3/c23-16-7-14(8-17(24)20(16)25)18-4-5-19(30)29(28-18)11-12-2-1-3-13(6-12)21-26-9-15(10-27-21)22(31)32/h1-10H,11H2,(H,31,32). The number of nitrogens with zero attached hydrogens (tertiary/aromatic N) is 4. The third-order valence-corrected chi connectivity index (χ3v) is 4.56. The Morgan fingerprint density at radius 3 is 2.28 bits per heavy atom. The van der Waals surface area contributed by atoms with Crippen LogP contribution in [0, 0.1) is 17.5 Å². The molecule has 0 saturated carbocycles. The number of carboxylic acid groups (broad SMARTS) is 1. The molecule has 2 aromatic heterocycles. The summed E-state index contributed by atoms with van der Waals surface area (Å²) in [5.74, 6) is -5.15. The molecule has 10 heteroatoms. The van der Waals surface area contributed by atoms with Gasteiger partial charge in [0.2, 0.25) is 0 Å². The van der Waals surface area contributed by atoms with Gasteiger partial charge >= 0.3 is 5.97 Å². The second-order valence-electron chi connectivity index (χ2n) is 6.77. The molecule has 0 atom stereocenters. The molecule has 0 amide bonds. The minimum atomic E-state index is -1.59. The van der Waals surface area contributed by atoms with Crippen LogP contribution in [0.3, 0.4) is 0 Å². The molecular formula is C22H13F3N4O3. The van der Waals surface area contributed by atoms with Crippen molar-refractivity contribution in [1.29, 1.82) is 0 Å². The van der Waals surface area contributed by atoms with Gasteiger partial charge in [-0.1, -0.05) is 18.2 Å². The van der Waals surface area contributed by atoms with E-state index in [1.54, 1.807) is 24.3 Å². The van der Waals surface area contributed by atoms with Crippen molar-refractivity contribution < 1.29 is 23.1 Å². The van der Waals surface area contributed by atoms with E-state index >= 15 is 0 Å². The molecule has 32 heavy (non-hydrogen) atoms. The fraction of sp³-hybridized carbons (Fsp3) is 0.0455. The molecule has 7 nitrogen and oxygen atoms in total. The summed E-state index contributed by atoms with van der Waals surface area (Å²) in [6.45, 7) is 0.0277. The lowest BCUT2D eigenvalue weighted by Crippen LogP contribution is -2.22. The number of rotatable bonds is 5. The summed E-state index contributed by atoms with van der Waals surface area (Å²) in [4.78, 5) is 31.3. The fourth-order valence-corrected chi connectivity index (χ4v) is 2.99. The first-order chi connectivity index (χ1) is 15.3. The summed E-state index contributed by atoms with van der Waals surface area (Å²) < 4.78 is 41.5. The van der Waals surface area contributed by atoms with E-state index in [0.29, 0.717) is 17.0 Å². The maximum Gasteiger partial charge on any atom is 0.338 e. The van der Waals surface area contributed by atoms with Crippen LogP contribution in [-0.2, 0) is 6.54 Å². The van der Waals surface area contributed by atoms with Crippen LogP contribution in [0.4, 0.5) is 13.2 Å². The van der Waals surface area contributed by atoms with Gasteiger partial charge in [0.1, 0.15) is 0 Å². The van der Waals surface area contributed by atoms with Crippen LogP contribution in [0.25, 0.3) is 22.6 Å². The topological polar surface area (TPSA) is 98.0 Å². The van der Waals surface area contributed by atoms with Crippen LogP contribution in [-0.4, -0.2) is 30.8 Å². The third kappa shape index (κ3) is 4.24. The number of benzene rings is 2. The van der Waals surface area contributed by atoms with Gasteiger partial charge in [-0.2, -0.15) is 5.10 Å². The van der Waals surface area contributed by atoms with Crippen LogP contribution >= 0.6 is 0 Å². The summed E-state index contributed by atoms with van der Waals surface area (Å²) in [6, 6.07) is 10.9. The Balaban J connectivity index is 1.65. The van der Waals surface area contributed by atoms with Crippen molar-refractivity contribution in [3.63, 3.8) is 0 Å². The van der Waals surface area contributed by atoms with E-state index in [1.807, 2.05) is 0 Å². The number of carbonyl (C=O) groups is 1. The molecule has 2 heterocycles. The second kappa shape index (κ2) is 8.42. The predicted octanol–water partition coefficient (Wildman–Crippen LogP) is 3.53. The highest BCUT2D eigenvalue weighted by molar-refractivity contribution is 5.86. The molecule has 0 aliphatic carbocycles. The zero-order valence-electron chi connectivity index (χ0n) is 16.2. The summed E-state index contributed by atoms with van der Waals surface area (Å²) in [6.07, 6.45) is 2.38. The molecular weight excluding hydrogens is 425 g/mol. The van der Waals surface area contributed by atoms with E-state index in [0.717, 1.165) is 16.8 Å². The van der Waals surface area contributed by atoms with Gasteiger partial charge in [-0.3, -0.25) is 4.79 Å². The van der Waals surface area contributed by atoms with Gasteiger partial charge in [-0.15, -0.1) is 0 Å².